The predicted molar refractivity (Wildman–Crippen MR) is 136 cm³/mol. The Labute approximate surface area is 208 Å². The van der Waals surface area contributed by atoms with Gasteiger partial charge in [-0.2, -0.15) is 0 Å². The van der Waals surface area contributed by atoms with Crippen molar-refractivity contribution in [3.8, 4) is 0 Å². The van der Waals surface area contributed by atoms with Crippen LogP contribution in [0.15, 0.2) is 27.8 Å². The van der Waals surface area contributed by atoms with Crippen molar-refractivity contribution in [2.24, 2.45) is 10.9 Å². The summed E-state index contributed by atoms with van der Waals surface area (Å²) < 4.78 is 16.0. The van der Waals surface area contributed by atoms with Crippen LogP contribution in [-0.4, -0.2) is 75.4 Å². The standard InChI is InChI=1S/C23H38N4O4.HI/c1-2-30-22(28)19-6-8-20(9-7-19)26-23(25-12-10-21-5-3-16-31-21)24-11-4-13-27-14-17-29-18-15-27;/h3,5,16,19-20H,2,4,6-15,17-18H2,1H3,(H2,24,25,26);1H. The van der Waals surface area contributed by atoms with Crippen molar-refractivity contribution < 1.29 is 18.7 Å². The van der Waals surface area contributed by atoms with Crippen molar-refractivity contribution >= 4 is 35.9 Å². The first-order chi connectivity index (χ1) is 15.2. The molecule has 0 spiro atoms. The molecule has 182 valence electrons. The lowest BCUT2D eigenvalue weighted by Crippen LogP contribution is -2.46. The van der Waals surface area contributed by atoms with E-state index in [9.17, 15) is 4.79 Å². The monoisotopic (exact) mass is 562 g/mol. The highest BCUT2D eigenvalue weighted by molar-refractivity contribution is 14.0. The SMILES string of the molecule is CCOC(=O)C1CCC(NC(=NCCCN2CCOCC2)NCCc2ccco2)CC1.I. The molecule has 0 aromatic carbocycles. The molecule has 8 nitrogen and oxygen atoms in total. The van der Waals surface area contributed by atoms with Gasteiger partial charge in [0, 0.05) is 45.2 Å². The highest BCUT2D eigenvalue weighted by Gasteiger charge is 2.27. The summed E-state index contributed by atoms with van der Waals surface area (Å²) in [4.78, 5) is 19.2. The molecule has 32 heavy (non-hydrogen) atoms. The maximum Gasteiger partial charge on any atom is 0.308 e. The normalized spacial score (nSPS) is 22.1. The van der Waals surface area contributed by atoms with E-state index in [1.165, 1.54) is 0 Å². The summed E-state index contributed by atoms with van der Waals surface area (Å²) in [6.07, 6.45) is 7.20. The van der Waals surface area contributed by atoms with Gasteiger partial charge in [-0.05, 0) is 51.2 Å². The molecular weight excluding hydrogens is 523 g/mol. The minimum absolute atomic E-state index is 0. The zero-order valence-corrected chi connectivity index (χ0v) is 21.6. The van der Waals surface area contributed by atoms with Crippen LogP contribution in [0.2, 0.25) is 0 Å². The lowest BCUT2D eigenvalue weighted by atomic mass is 9.86. The van der Waals surface area contributed by atoms with Gasteiger partial charge >= 0.3 is 5.97 Å². The number of ether oxygens (including phenoxy) is 2. The fraction of sp³-hybridized carbons (Fsp3) is 0.739. The van der Waals surface area contributed by atoms with Gasteiger partial charge in [0.1, 0.15) is 5.76 Å². The van der Waals surface area contributed by atoms with Crippen LogP contribution in [0.5, 0.6) is 0 Å². The number of hydrogen-bond donors (Lipinski definition) is 2. The third-order valence-corrected chi connectivity index (χ3v) is 5.94. The van der Waals surface area contributed by atoms with E-state index in [2.05, 4.69) is 15.5 Å². The van der Waals surface area contributed by atoms with Crippen LogP contribution in [0, 0.1) is 5.92 Å². The van der Waals surface area contributed by atoms with Gasteiger partial charge in [0.05, 0.1) is 32.0 Å². The minimum Gasteiger partial charge on any atom is -0.469 e. The molecule has 2 heterocycles. The number of halogens is 1. The van der Waals surface area contributed by atoms with Crippen molar-refractivity contribution in [2.75, 3.05) is 52.5 Å². The van der Waals surface area contributed by atoms with E-state index in [1.807, 2.05) is 19.1 Å². The van der Waals surface area contributed by atoms with E-state index < -0.39 is 0 Å². The number of morpholine rings is 1. The molecule has 0 radical (unpaired) electrons. The number of carbonyl (C=O) groups is 1. The smallest absolute Gasteiger partial charge is 0.308 e. The maximum atomic E-state index is 12.0. The zero-order chi connectivity index (χ0) is 21.7. The maximum absolute atomic E-state index is 12.0. The minimum atomic E-state index is -0.0467. The van der Waals surface area contributed by atoms with Crippen LogP contribution in [0.3, 0.4) is 0 Å². The summed E-state index contributed by atoms with van der Waals surface area (Å²) >= 11 is 0. The number of nitrogens with one attached hydrogen (secondary N) is 2. The Morgan fingerprint density at radius 1 is 1.25 bits per heavy atom. The highest BCUT2D eigenvalue weighted by atomic mass is 127. The lowest BCUT2D eigenvalue weighted by Gasteiger charge is -2.29. The van der Waals surface area contributed by atoms with E-state index in [1.54, 1.807) is 6.26 Å². The second-order valence-electron chi connectivity index (χ2n) is 8.24. The van der Waals surface area contributed by atoms with E-state index in [0.29, 0.717) is 12.6 Å². The number of esters is 1. The van der Waals surface area contributed by atoms with Gasteiger partial charge in [0.2, 0.25) is 0 Å². The summed E-state index contributed by atoms with van der Waals surface area (Å²) in [5.41, 5.74) is 0. The first-order valence-corrected chi connectivity index (χ1v) is 11.8. The Balaban J connectivity index is 0.00000363. The molecule has 3 rings (SSSR count). The zero-order valence-electron chi connectivity index (χ0n) is 19.2. The van der Waals surface area contributed by atoms with Gasteiger partial charge in [-0.3, -0.25) is 14.7 Å². The number of aliphatic imine (C=N–C) groups is 1. The molecule has 1 saturated heterocycles. The summed E-state index contributed by atoms with van der Waals surface area (Å²) in [6.45, 7) is 8.61. The van der Waals surface area contributed by atoms with Crippen LogP contribution >= 0.6 is 24.0 Å². The molecule has 0 unspecified atom stereocenters. The first kappa shape index (κ1) is 26.9. The molecule has 0 amide bonds. The third-order valence-electron chi connectivity index (χ3n) is 5.94. The Morgan fingerprint density at radius 3 is 2.72 bits per heavy atom. The van der Waals surface area contributed by atoms with Gasteiger partial charge < -0.3 is 24.5 Å². The van der Waals surface area contributed by atoms with Crippen molar-refractivity contribution in [1.29, 1.82) is 0 Å². The van der Waals surface area contributed by atoms with Crippen LogP contribution in [0.1, 0.15) is 44.8 Å². The molecule has 1 aromatic heterocycles. The quantitative estimate of drug-likeness (QED) is 0.149. The van der Waals surface area contributed by atoms with E-state index >= 15 is 0 Å². The van der Waals surface area contributed by atoms with E-state index in [0.717, 1.165) is 96.2 Å². The fourth-order valence-electron chi connectivity index (χ4n) is 4.15. The Morgan fingerprint density at radius 2 is 2.03 bits per heavy atom. The van der Waals surface area contributed by atoms with Crippen molar-refractivity contribution in [1.82, 2.24) is 15.5 Å². The van der Waals surface area contributed by atoms with E-state index in [-0.39, 0.29) is 35.9 Å². The van der Waals surface area contributed by atoms with Crippen molar-refractivity contribution in [2.45, 2.75) is 51.5 Å². The summed E-state index contributed by atoms with van der Waals surface area (Å²) in [5, 5.41) is 7.04. The van der Waals surface area contributed by atoms with Gasteiger partial charge in [-0.15, -0.1) is 24.0 Å². The molecular formula is C23H39IN4O4. The highest BCUT2D eigenvalue weighted by Crippen LogP contribution is 2.25. The fourth-order valence-corrected chi connectivity index (χ4v) is 4.15. The summed E-state index contributed by atoms with van der Waals surface area (Å²) in [6, 6.07) is 4.24. The average Bonchev–Trinajstić information content (AvgIpc) is 3.31. The molecule has 2 fully saturated rings. The first-order valence-electron chi connectivity index (χ1n) is 11.8. The summed E-state index contributed by atoms with van der Waals surface area (Å²) in [5.74, 6) is 1.82. The number of furan rings is 1. The molecule has 1 aliphatic heterocycles. The molecule has 0 bridgehead atoms. The van der Waals surface area contributed by atoms with Gasteiger partial charge in [0.15, 0.2) is 5.96 Å². The van der Waals surface area contributed by atoms with Crippen LogP contribution in [0.25, 0.3) is 0 Å². The molecule has 1 saturated carbocycles. The van der Waals surface area contributed by atoms with Crippen molar-refractivity contribution in [3.63, 3.8) is 0 Å². The molecule has 9 heteroatoms. The number of carbonyl (C=O) groups excluding carboxylic acids is 1. The van der Waals surface area contributed by atoms with Gasteiger partial charge in [0.25, 0.3) is 0 Å². The van der Waals surface area contributed by atoms with Crippen molar-refractivity contribution in [3.05, 3.63) is 24.2 Å². The van der Waals surface area contributed by atoms with E-state index in [4.69, 9.17) is 18.9 Å². The van der Waals surface area contributed by atoms with Crippen LogP contribution in [0.4, 0.5) is 0 Å². The predicted octanol–water partition coefficient (Wildman–Crippen LogP) is 2.82. The number of nitrogens with zero attached hydrogens (tertiary/aromatic N) is 2. The molecule has 1 aliphatic carbocycles. The van der Waals surface area contributed by atoms with Gasteiger partial charge in [-0.25, -0.2) is 0 Å². The number of guanidine groups is 1. The largest absolute Gasteiger partial charge is 0.469 e. The molecule has 2 N–H and O–H groups in total. The Bertz CT molecular complexity index is 657. The molecule has 0 atom stereocenters. The Hall–Kier alpha value is -1.33. The lowest BCUT2D eigenvalue weighted by molar-refractivity contribution is -0.149. The number of rotatable bonds is 10. The molecule has 2 aliphatic rings. The second-order valence-corrected chi connectivity index (χ2v) is 8.24. The molecule has 1 aromatic rings. The summed E-state index contributed by atoms with van der Waals surface area (Å²) in [7, 11) is 0. The van der Waals surface area contributed by atoms with Gasteiger partial charge in [-0.1, -0.05) is 0 Å². The third kappa shape index (κ3) is 9.66. The second kappa shape index (κ2) is 15.5. The van der Waals surface area contributed by atoms with Crippen LogP contribution in [-0.2, 0) is 20.7 Å². The van der Waals surface area contributed by atoms with Crippen LogP contribution < -0.4 is 10.6 Å². The Kier molecular flexibility index (Phi) is 13.0. The average molecular weight is 562 g/mol. The number of hydrogen-bond acceptors (Lipinski definition) is 6. The topological polar surface area (TPSA) is 88.3 Å².